The fourth-order valence-corrected chi connectivity index (χ4v) is 6.73. The fourth-order valence-electron chi connectivity index (χ4n) is 5.37. The summed E-state index contributed by atoms with van der Waals surface area (Å²) in [5.74, 6) is 0.234. The Balaban J connectivity index is 0.00000306. The number of sulfonamides is 1. The van der Waals surface area contributed by atoms with Gasteiger partial charge in [-0.05, 0) is 86.0 Å². The first-order chi connectivity index (χ1) is 15.4. The summed E-state index contributed by atoms with van der Waals surface area (Å²) in [4.78, 5) is 10.8. The number of hydrogen-bond acceptors (Lipinski definition) is 4. The number of fused-ring (bicyclic) bond motifs is 2. The van der Waals surface area contributed by atoms with Gasteiger partial charge in [-0.25, -0.2) is 13.1 Å². The number of carboxylic acids is 1. The molecule has 0 amide bonds. The average molecular weight is 476 g/mol. The van der Waals surface area contributed by atoms with E-state index in [1.165, 1.54) is 0 Å². The molecule has 4 rings (SSSR count). The zero-order valence-corrected chi connectivity index (χ0v) is 22.0. The Labute approximate surface area is 219 Å². The molecule has 0 aliphatic heterocycles. The maximum Gasteiger partial charge on any atom is 1.00 e. The number of carboxylic acid groups (broad SMARTS) is 1. The number of rotatable bonds is 10. The minimum atomic E-state index is -3.59. The van der Waals surface area contributed by atoms with Gasteiger partial charge in [0.1, 0.15) is 0 Å². The van der Waals surface area contributed by atoms with Gasteiger partial charge in [-0.3, -0.25) is 0 Å². The van der Waals surface area contributed by atoms with Crippen molar-refractivity contribution in [1.29, 1.82) is 0 Å². The number of nitrogens with one attached hydrogen (secondary N) is 1. The molecule has 4 atom stereocenters. The van der Waals surface area contributed by atoms with Gasteiger partial charge in [0.05, 0.1) is 4.90 Å². The summed E-state index contributed by atoms with van der Waals surface area (Å²) in [6.07, 6.45) is 9.62. The molecule has 2 saturated carbocycles. The maximum atomic E-state index is 13.1. The van der Waals surface area contributed by atoms with Crippen LogP contribution in [-0.4, -0.2) is 20.4 Å². The van der Waals surface area contributed by atoms with Crippen molar-refractivity contribution in [2.24, 2.45) is 17.8 Å². The molecule has 5 nitrogen and oxygen atoms in total. The van der Waals surface area contributed by atoms with Gasteiger partial charge in [0, 0.05) is 12.0 Å². The summed E-state index contributed by atoms with van der Waals surface area (Å²) in [7, 11) is -3.59. The van der Waals surface area contributed by atoms with Crippen LogP contribution in [0.2, 0.25) is 0 Å². The van der Waals surface area contributed by atoms with Gasteiger partial charge in [0.25, 0.3) is 0 Å². The van der Waals surface area contributed by atoms with Crippen molar-refractivity contribution in [1.82, 2.24) is 4.72 Å². The molecule has 0 spiro atoms. The molecule has 33 heavy (non-hydrogen) atoms. The summed E-state index contributed by atoms with van der Waals surface area (Å²) in [5, 5.41) is 10.5. The fraction of sp³-hybridized carbons (Fsp3) is 0.423. The van der Waals surface area contributed by atoms with Crippen LogP contribution in [0.15, 0.2) is 71.6 Å². The quantitative estimate of drug-likeness (QED) is 0.315. The number of allylic oxidation sites excluding steroid dienone is 2. The number of carbonyl (C=O) groups excluding carboxylic acids is 1. The second kappa shape index (κ2) is 11.8. The smallest absolute Gasteiger partial charge is 0.550 e. The van der Waals surface area contributed by atoms with Gasteiger partial charge in [0.2, 0.25) is 10.0 Å². The van der Waals surface area contributed by atoms with Crippen molar-refractivity contribution in [3.8, 4) is 11.1 Å². The van der Waals surface area contributed by atoms with E-state index in [0.29, 0.717) is 35.5 Å². The zero-order valence-electron chi connectivity index (χ0n) is 19.2. The Morgan fingerprint density at radius 2 is 1.64 bits per heavy atom. The van der Waals surface area contributed by atoms with Gasteiger partial charge in [0.15, 0.2) is 0 Å². The van der Waals surface area contributed by atoms with Crippen LogP contribution in [0, 0.1) is 17.8 Å². The predicted molar refractivity (Wildman–Crippen MR) is 123 cm³/mol. The first-order valence-electron chi connectivity index (χ1n) is 11.5. The van der Waals surface area contributed by atoms with E-state index in [9.17, 15) is 18.3 Å². The summed E-state index contributed by atoms with van der Waals surface area (Å²) < 4.78 is 29.3. The summed E-state index contributed by atoms with van der Waals surface area (Å²) in [5.41, 5.74) is 2.05. The largest absolute Gasteiger partial charge is 1.00 e. The second-order valence-electron chi connectivity index (χ2n) is 9.01. The van der Waals surface area contributed by atoms with Crippen molar-refractivity contribution >= 4 is 16.0 Å². The van der Waals surface area contributed by atoms with Crippen LogP contribution in [0.5, 0.6) is 0 Å². The third kappa shape index (κ3) is 6.58. The van der Waals surface area contributed by atoms with Crippen molar-refractivity contribution in [3.63, 3.8) is 0 Å². The summed E-state index contributed by atoms with van der Waals surface area (Å²) in [6, 6.07) is 17.0. The van der Waals surface area contributed by atoms with E-state index in [0.717, 1.165) is 36.8 Å². The van der Waals surface area contributed by atoms with E-state index >= 15 is 0 Å². The van der Waals surface area contributed by atoms with Crippen LogP contribution in [0.4, 0.5) is 0 Å². The number of carbonyl (C=O) groups is 1. The Bertz CT molecular complexity index is 1050. The van der Waals surface area contributed by atoms with E-state index in [1.807, 2.05) is 48.5 Å². The Kier molecular flexibility index (Phi) is 9.36. The van der Waals surface area contributed by atoms with Gasteiger partial charge >= 0.3 is 29.6 Å². The van der Waals surface area contributed by atoms with Crippen LogP contribution in [0.25, 0.3) is 11.1 Å². The van der Waals surface area contributed by atoms with Gasteiger partial charge < -0.3 is 9.90 Å². The number of aliphatic carboxylic acids is 1. The average Bonchev–Trinajstić information content (AvgIpc) is 3.39. The first kappa shape index (κ1) is 26.2. The SMILES string of the molecule is O=C([O-])CCC/C=C\C[C@H]1[C@@H]2CCC(C2)[C@@H]1NS(=O)(=O)c1ccc(-c2ccccc2)cc1.[Na+]. The molecule has 0 aromatic heterocycles. The monoisotopic (exact) mass is 475 g/mol. The molecule has 2 aromatic rings. The third-order valence-electron chi connectivity index (χ3n) is 6.98. The summed E-state index contributed by atoms with van der Waals surface area (Å²) >= 11 is 0. The molecule has 1 unspecified atom stereocenters. The Morgan fingerprint density at radius 3 is 2.33 bits per heavy atom. The van der Waals surface area contributed by atoms with Gasteiger partial charge in [-0.2, -0.15) is 0 Å². The van der Waals surface area contributed by atoms with E-state index < -0.39 is 16.0 Å². The molecule has 1 N–H and O–H groups in total. The molecular formula is C26H30NNaO4S. The Morgan fingerprint density at radius 1 is 0.970 bits per heavy atom. The third-order valence-corrected chi connectivity index (χ3v) is 8.45. The van der Waals surface area contributed by atoms with Crippen LogP contribution in [-0.2, 0) is 14.8 Å². The number of hydrogen-bond donors (Lipinski definition) is 1. The van der Waals surface area contributed by atoms with E-state index in [-0.39, 0.29) is 42.0 Å². The molecule has 2 fully saturated rings. The van der Waals surface area contributed by atoms with Crippen molar-refractivity contribution in [3.05, 3.63) is 66.7 Å². The van der Waals surface area contributed by atoms with Crippen molar-refractivity contribution in [2.75, 3.05) is 0 Å². The van der Waals surface area contributed by atoms with Crippen LogP contribution in [0.1, 0.15) is 44.9 Å². The van der Waals surface area contributed by atoms with Crippen LogP contribution >= 0.6 is 0 Å². The standard InChI is InChI=1S/C26H31NO4S.Na/c28-25(29)11-7-2-1-6-10-24-21-12-13-22(18-21)26(24)27-32(30,31)23-16-14-20(15-17-23)19-8-4-3-5-9-19;/h1,3-6,8-9,14-17,21-22,24,26-27H,2,7,10-13,18H2,(H,28,29);/q;+1/p-1/b6-1-;/t21-,22?,24+,26+;/m1./s1. The minimum Gasteiger partial charge on any atom is -0.550 e. The van der Waals surface area contributed by atoms with Crippen LogP contribution in [0.3, 0.4) is 0 Å². The number of benzene rings is 2. The van der Waals surface area contributed by atoms with Gasteiger partial charge in [-0.1, -0.05) is 54.6 Å². The minimum absolute atomic E-state index is 0. The molecule has 0 heterocycles. The van der Waals surface area contributed by atoms with E-state index in [1.54, 1.807) is 12.1 Å². The summed E-state index contributed by atoms with van der Waals surface area (Å²) in [6.45, 7) is 0. The van der Waals surface area contributed by atoms with E-state index in [2.05, 4.69) is 10.8 Å². The molecule has 2 aliphatic carbocycles. The van der Waals surface area contributed by atoms with Crippen LogP contribution < -0.4 is 39.4 Å². The first-order valence-corrected chi connectivity index (χ1v) is 12.9. The molecule has 2 bridgehead atoms. The molecule has 7 heteroatoms. The maximum absolute atomic E-state index is 13.1. The zero-order chi connectivity index (χ0) is 22.6. The molecular weight excluding hydrogens is 445 g/mol. The molecule has 2 aromatic carbocycles. The second-order valence-corrected chi connectivity index (χ2v) is 10.7. The Hall–Kier alpha value is -1.44. The van der Waals surface area contributed by atoms with Crippen molar-refractivity contribution < 1.29 is 47.9 Å². The normalized spacial score (nSPS) is 24.1. The van der Waals surface area contributed by atoms with E-state index in [4.69, 9.17) is 0 Å². The molecule has 170 valence electrons. The number of unbranched alkanes of at least 4 members (excludes halogenated alkanes) is 1. The molecule has 0 radical (unpaired) electrons. The topological polar surface area (TPSA) is 86.3 Å². The molecule has 2 aliphatic rings. The van der Waals surface area contributed by atoms with Gasteiger partial charge in [-0.15, -0.1) is 0 Å². The molecule has 0 saturated heterocycles. The van der Waals surface area contributed by atoms with Crippen molar-refractivity contribution in [2.45, 2.75) is 55.9 Å². The predicted octanol–water partition coefficient (Wildman–Crippen LogP) is 0.917.